The minimum atomic E-state index is 0. The number of hydrogen-bond acceptors (Lipinski definition) is 4. The van der Waals surface area contributed by atoms with E-state index in [9.17, 15) is 0 Å². The van der Waals surface area contributed by atoms with Crippen LogP contribution in [0.15, 0.2) is 12.1 Å². The minimum absolute atomic E-state index is 0. The molecule has 2 heterocycles. The van der Waals surface area contributed by atoms with Crippen molar-refractivity contribution in [3.63, 3.8) is 0 Å². The lowest BCUT2D eigenvalue weighted by Gasteiger charge is -2.08. The summed E-state index contributed by atoms with van der Waals surface area (Å²) in [6, 6.07) is 3.41. The van der Waals surface area contributed by atoms with Crippen LogP contribution in [0.2, 0.25) is 5.15 Å². The summed E-state index contributed by atoms with van der Waals surface area (Å²) in [6.07, 6.45) is 1.17. The highest BCUT2D eigenvalue weighted by molar-refractivity contribution is 6.29. The van der Waals surface area contributed by atoms with E-state index >= 15 is 0 Å². The fourth-order valence-corrected chi connectivity index (χ4v) is 1.54. The number of rotatable bonds is 3. The lowest BCUT2D eigenvalue weighted by Crippen LogP contribution is -2.15. The maximum Gasteiger partial charge on any atom is 0.233 e. The van der Waals surface area contributed by atoms with E-state index < -0.39 is 0 Å². The normalized spacial score (nSPS) is 19.7. The molecule has 0 spiro atoms. The first kappa shape index (κ1) is 12.5. The van der Waals surface area contributed by atoms with E-state index in [-0.39, 0.29) is 12.4 Å². The summed E-state index contributed by atoms with van der Waals surface area (Å²) in [5.74, 6) is 1.13. The summed E-state index contributed by atoms with van der Waals surface area (Å²) in [7, 11) is 0. The monoisotopic (exact) mass is 249 g/mol. The van der Waals surface area contributed by atoms with Crippen LogP contribution in [0.25, 0.3) is 0 Å². The molecule has 1 saturated heterocycles. The van der Waals surface area contributed by atoms with Gasteiger partial charge in [0.25, 0.3) is 0 Å². The minimum Gasteiger partial charge on any atom is -0.476 e. The quantitative estimate of drug-likeness (QED) is 0.883. The van der Waals surface area contributed by atoms with Crippen LogP contribution < -0.4 is 10.1 Å². The highest BCUT2D eigenvalue weighted by atomic mass is 35.5. The highest BCUT2D eigenvalue weighted by Crippen LogP contribution is 2.12. The van der Waals surface area contributed by atoms with Crippen molar-refractivity contribution in [3.05, 3.63) is 17.3 Å². The second-order valence-electron chi connectivity index (χ2n) is 3.36. The summed E-state index contributed by atoms with van der Waals surface area (Å²) in [6.45, 7) is 2.81. The van der Waals surface area contributed by atoms with Gasteiger partial charge in [-0.2, -0.15) is 0 Å². The Bertz CT molecular complexity index is 288. The van der Waals surface area contributed by atoms with E-state index in [2.05, 4.69) is 15.5 Å². The van der Waals surface area contributed by atoms with E-state index in [1.807, 2.05) is 0 Å². The van der Waals surface area contributed by atoms with Crippen LogP contribution >= 0.6 is 24.0 Å². The van der Waals surface area contributed by atoms with Crippen molar-refractivity contribution in [1.82, 2.24) is 15.5 Å². The maximum absolute atomic E-state index is 5.60. The van der Waals surface area contributed by atoms with Crippen molar-refractivity contribution < 1.29 is 4.74 Å². The van der Waals surface area contributed by atoms with Gasteiger partial charge in [-0.25, -0.2) is 0 Å². The van der Waals surface area contributed by atoms with Gasteiger partial charge in [0, 0.05) is 18.5 Å². The van der Waals surface area contributed by atoms with Crippen molar-refractivity contribution in [2.24, 2.45) is 5.92 Å². The average Bonchev–Trinajstić information content (AvgIpc) is 2.70. The molecule has 0 amide bonds. The molecule has 0 aliphatic carbocycles. The molecular weight excluding hydrogens is 237 g/mol. The van der Waals surface area contributed by atoms with Crippen LogP contribution in [0.3, 0.4) is 0 Å². The Hall–Kier alpha value is -0.580. The molecule has 0 aromatic carbocycles. The number of hydrogen-bond donors (Lipinski definition) is 1. The van der Waals surface area contributed by atoms with Gasteiger partial charge in [-0.05, 0) is 19.0 Å². The Morgan fingerprint density at radius 1 is 1.47 bits per heavy atom. The standard InChI is InChI=1S/C9H12ClN3O.ClH/c10-8-1-2-9(13-12-8)14-6-7-3-4-11-5-7;/h1-2,7,11H,3-6H2;1H. The van der Waals surface area contributed by atoms with Crippen molar-refractivity contribution in [2.45, 2.75) is 6.42 Å². The molecule has 0 saturated carbocycles. The summed E-state index contributed by atoms with van der Waals surface area (Å²) >= 11 is 5.60. The van der Waals surface area contributed by atoms with Crippen molar-refractivity contribution in [2.75, 3.05) is 19.7 Å². The molecule has 1 aliphatic heterocycles. The van der Waals surface area contributed by atoms with E-state index in [1.54, 1.807) is 12.1 Å². The van der Waals surface area contributed by atoms with Crippen molar-refractivity contribution >= 4 is 24.0 Å². The van der Waals surface area contributed by atoms with Crippen LogP contribution in [0.1, 0.15) is 6.42 Å². The SMILES string of the molecule is Cl.Clc1ccc(OCC2CCNC2)nn1. The molecule has 15 heavy (non-hydrogen) atoms. The molecule has 84 valence electrons. The predicted octanol–water partition coefficient (Wildman–Crippen LogP) is 1.54. The lowest BCUT2D eigenvalue weighted by atomic mass is 10.1. The maximum atomic E-state index is 5.60. The zero-order chi connectivity index (χ0) is 9.80. The van der Waals surface area contributed by atoms with Gasteiger partial charge < -0.3 is 10.1 Å². The number of aromatic nitrogens is 2. The number of halogens is 2. The average molecular weight is 250 g/mol. The summed E-state index contributed by atoms with van der Waals surface area (Å²) in [4.78, 5) is 0. The first-order chi connectivity index (χ1) is 6.84. The molecule has 6 heteroatoms. The Kier molecular flexibility index (Phi) is 5.08. The van der Waals surface area contributed by atoms with Gasteiger partial charge in [-0.15, -0.1) is 22.6 Å². The Labute approximate surface area is 99.8 Å². The Morgan fingerprint density at radius 2 is 2.33 bits per heavy atom. The molecule has 1 fully saturated rings. The van der Waals surface area contributed by atoms with Gasteiger partial charge in [0.1, 0.15) is 0 Å². The molecule has 4 nitrogen and oxygen atoms in total. The van der Waals surface area contributed by atoms with Gasteiger partial charge in [0.15, 0.2) is 5.15 Å². The molecule has 1 atom stereocenters. The van der Waals surface area contributed by atoms with Gasteiger partial charge in [0.05, 0.1) is 6.61 Å². The summed E-state index contributed by atoms with van der Waals surface area (Å²) in [5.41, 5.74) is 0. The van der Waals surface area contributed by atoms with E-state index in [1.165, 1.54) is 6.42 Å². The van der Waals surface area contributed by atoms with E-state index in [0.29, 0.717) is 23.6 Å². The summed E-state index contributed by atoms with van der Waals surface area (Å²) < 4.78 is 5.47. The lowest BCUT2D eigenvalue weighted by molar-refractivity contribution is 0.248. The first-order valence-corrected chi connectivity index (χ1v) is 5.05. The van der Waals surface area contributed by atoms with Gasteiger partial charge in [-0.3, -0.25) is 0 Å². The molecule has 1 aromatic heterocycles. The molecule has 1 aromatic rings. The van der Waals surface area contributed by atoms with Crippen LogP contribution in [-0.4, -0.2) is 29.9 Å². The zero-order valence-electron chi connectivity index (χ0n) is 8.15. The van der Waals surface area contributed by atoms with E-state index in [4.69, 9.17) is 16.3 Å². The van der Waals surface area contributed by atoms with Crippen LogP contribution in [0.5, 0.6) is 5.88 Å². The predicted molar refractivity (Wildman–Crippen MR) is 60.8 cm³/mol. The molecule has 2 rings (SSSR count). The number of ether oxygens (including phenoxy) is 1. The third kappa shape index (κ3) is 3.81. The first-order valence-electron chi connectivity index (χ1n) is 4.67. The van der Waals surface area contributed by atoms with Crippen LogP contribution in [-0.2, 0) is 0 Å². The largest absolute Gasteiger partial charge is 0.476 e. The summed E-state index contributed by atoms with van der Waals surface area (Å²) in [5, 5.41) is 11.2. The smallest absolute Gasteiger partial charge is 0.233 e. The van der Waals surface area contributed by atoms with Crippen molar-refractivity contribution in [1.29, 1.82) is 0 Å². The van der Waals surface area contributed by atoms with Crippen LogP contribution in [0, 0.1) is 5.92 Å². The molecular formula is C9H13Cl2N3O. The second kappa shape index (κ2) is 6.10. The Morgan fingerprint density at radius 3 is 2.93 bits per heavy atom. The molecule has 0 radical (unpaired) electrons. The molecule has 1 unspecified atom stereocenters. The highest BCUT2D eigenvalue weighted by Gasteiger charge is 2.15. The molecule has 0 bridgehead atoms. The third-order valence-corrected chi connectivity index (χ3v) is 2.44. The number of nitrogens with zero attached hydrogens (tertiary/aromatic N) is 2. The number of nitrogens with one attached hydrogen (secondary N) is 1. The Balaban J connectivity index is 0.00000112. The second-order valence-corrected chi connectivity index (χ2v) is 3.75. The fraction of sp³-hybridized carbons (Fsp3) is 0.556. The zero-order valence-corrected chi connectivity index (χ0v) is 9.72. The molecule has 1 N–H and O–H groups in total. The topological polar surface area (TPSA) is 47.0 Å². The van der Waals surface area contributed by atoms with E-state index in [0.717, 1.165) is 13.1 Å². The molecule has 1 aliphatic rings. The third-order valence-electron chi connectivity index (χ3n) is 2.24. The van der Waals surface area contributed by atoms with Gasteiger partial charge >= 0.3 is 0 Å². The van der Waals surface area contributed by atoms with Gasteiger partial charge in [-0.1, -0.05) is 11.6 Å². The van der Waals surface area contributed by atoms with Crippen LogP contribution in [0.4, 0.5) is 0 Å². The van der Waals surface area contributed by atoms with Gasteiger partial charge in [0.2, 0.25) is 5.88 Å². The van der Waals surface area contributed by atoms with Crippen molar-refractivity contribution in [3.8, 4) is 5.88 Å². The fourth-order valence-electron chi connectivity index (χ4n) is 1.44.